The minimum Gasteiger partial charge on any atom is -0.423 e. The molecule has 1 aromatic rings. The van der Waals surface area contributed by atoms with Gasteiger partial charge in [-0.2, -0.15) is 4.39 Å². The van der Waals surface area contributed by atoms with Gasteiger partial charge in [-0.1, -0.05) is 76.9 Å². The molecule has 0 radical (unpaired) electrons. The fourth-order valence-electron chi connectivity index (χ4n) is 7.81. The molecule has 4 heteroatoms. The first-order chi connectivity index (χ1) is 18.0. The van der Waals surface area contributed by atoms with Crippen LogP contribution in [0.3, 0.4) is 0 Å². The second kappa shape index (κ2) is 13.9. The predicted octanol–water partition coefficient (Wildman–Crippen LogP) is 9.60. The molecule has 0 aromatic heterocycles. The Balaban J connectivity index is 1.28. The standard InChI is InChI=1S/C33H48F2O2/c1-3-5-7-8-10-23-14-16-24(17-15-23)26-18-20-28-27(22-26)12-9-13-29(28)33(36)37-30-21-19-25(11-6-4-2)31(34)32(30)35/h4,19,21,23-24,26-29H,2-3,5-18,20,22H2,1H3. The highest BCUT2D eigenvalue weighted by molar-refractivity contribution is 5.75. The summed E-state index contributed by atoms with van der Waals surface area (Å²) in [7, 11) is 0. The summed E-state index contributed by atoms with van der Waals surface area (Å²) in [6.45, 7) is 5.91. The molecule has 0 saturated heterocycles. The Morgan fingerprint density at radius 1 is 0.946 bits per heavy atom. The summed E-state index contributed by atoms with van der Waals surface area (Å²) in [5, 5.41) is 0. The molecule has 0 N–H and O–H groups in total. The quantitative estimate of drug-likeness (QED) is 0.127. The molecular formula is C33H48F2O2. The Morgan fingerprint density at radius 3 is 2.49 bits per heavy atom. The van der Waals surface area contributed by atoms with Gasteiger partial charge >= 0.3 is 5.97 Å². The van der Waals surface area contributed by atoms with Gasteiger partial charge in [0.2, 0.25) is 5.82 Å². The molecule has 2 nitrogen and oxygen atoms in total. The number of aryl methyl sites for hydroxylation is 1. The molecule has 3 fully saturated rings. The van der Waals surface area contributed by atoms with Crippen molar-refractivity contribution in [3.8, 4) is 5.75 Å². The van der Waals surface area contributed by atoms with Crippen LogP contribution in [0, 0.1) is 47.1 Å². The predicted molar refractivity (Wildman–Crippen MR) is 146 cm³/mol. The molecule has 0 amide bonds. The summed E-state index contributed by atoms with van der Waals surface area (Å²) in [4.78, 5) is 13.2. The zero-order valence-corrected chi connectivity index (χ0v) is 23.0. The lowest BCUT2D eigenvalue weighted by molar-refractivity contribution is -0.144. The van der Waals surface area contributed by atoms with Crippen LogP contribution in [0.15, 0.2) is 24.8 Å². The molecular weight excluding hydrogens is 466 g/mol. The van der Waals surface area contributed by atoms with E-state index in [4.69, 9.17) is 4.74 Å². The third kappa shape index (κ3) is 7.24. The number of halogens is 2. The van der Waals surface area contributed by atoms with E-state index in [2.05, 4.69) is 13.5 Å². The lowest BCUT2D eigenvalue weighted by Gasteiger charge is -2.46. The van der Waals surface area contributed by atoms with Crippen molar-refractivity contribution in [2.24, 2.45) is 35.5 Å². The van der Waals surface area contributed by atoms with Crippen molar-refractivity contribution in [1.29, 1.82) is 0 Å². The van der Waals surface area contributed by atoms with Gasteiger partial charge in [-0.25, -0.2) is 4.39 Å². The van der Waals surface area contributed by atoms with Crippen LogP contribution in [0.1, 0.15) is 115 Å². The SMILES string of the molecule is C=CCCc1ccc(OC(=O)C2CCCC3CC(C4CCC(CCCCCC)CC4)CCC32)c(F)c1F. The molecule has 0 spiro atoms. The van der Waals surface area contributed by atoms with Crippen LogP contribution < -0.4 is 4.74 Å². The number of allylic oxidation sites excluding steroid dienone is 1. The normalized spacial score (nSPS) is 29.9. The third-order valence-corrected chi connectivity index (χ3v) is 9.97. The number of hydrogen-bond acceptors (Lipinski definition) is 2. The van der Waals surface area contributed by atoms with Crippen LogP contribution in [0.4, 0.5) is 8.78 Å². The Kier molecular flexibility index (Phi) is 10.6. The Labute approximate surface area is 223 Å². The molecule has 4 unspecified atom stereocenters. The van der Waals surface area contributed by atoms with E-state index >= 15 is 0 Å². The number of carbonyl (C=O) groups is 1. The Morgan fingerprint density at radius 2 is 1.73 bits per heavy atom. The van der Waals surface area contributed by atoms with Crippen molar-refractivity contribution in [2.75, 3.05) is 0 Å². The van der Waals surface area contributed by atoms with Crippen molar-refractivity contribution in [3.63, 3.8) is 0 Å². The Hall–Kier alpha value is -1.71. The van der Waals surface area contributed by atoms with E-state index in [1.54, 1.807) is 6.08 Å². The largest absolute Gasteiger partial charge is 0.423 e. The van der Waals surface area contributed by atoms with Crippen molar-refractivity contribution >= 4 is 5.97 Å². The molecule has 0 aliphatic heterocycles. The first kappa shape index (κ1) is 28.3. The van der Waals surface area contributed by atoms with E-state index in [1.165, 1.54) is 89.2 Å². The van der Waals surface area contributed by atoms with Crippen LogP contribution in [-0.4, -0.2) is 5.97 Å². The van der Waals surface area contributed by atoms with E-state index < -0.39 is 11.6 Å². The van der Waals surface area contributed by atoms with E-state index in [9.17, 15) is 13.6 Å². The summed E-state index contributed by atoms with van der Waals surface area (Å²) in [5.41, 5.74) is 0.291. The van der Waals surface area contributed by atoms with Gasteiger partial charge in [-0.3, -0.25) is 4.79 Å². The van der Waals surface area contributed by atoms with Crippen LogP contribution >= 0.6 is 0 Å². The molecule has 3 saturated carbocycles. The van der Waals surface area contributed by atoms with E-state index in [1.807, 2.05) is 0 Å². The average molecular weight is 515 g/mol. The number of ether oxygens (including phenoxy) is 1. The highest BCUT2D eigenvalue weighted by atomic mass is 19.2. The lowest BCUT2D eigenvalue weighted by Crippen LogP contribution is -2.40. The molecule has 3 aliphatic rings. The minimum atomic E-state index is -1.05. The summed E-state index contributed by atoms with van der Waals surface area (Å²) >= 11 is 0. The number of unbranched alkanes of at least 4 members (excludes halogenated alkanes) is 3. The van der Waals surface area contributed by atoms with Gasteiger partial charge < -0.3 is 4.74 Å². The summed E-state index contributed by atoms with van der Waals surface area (Å²) < 4.78 is 34.6. The number of rotatable bonds is 11. The molecule has 4 rings (SSSR count). The molecule has 1 aromatic carbocycles. The number of fused-ring (bicyclic) bond motifs is 1. The van der Waals surface area contributed by atoms with E-state index in [0.717, 1.165) is 37.0 Å². The van der Waals surface area contributed by atoms with Gasteiger partial charge in [0, 0.05) is 0 Å². The number of carbonyl (C=O) groups excluding carboxylic acids is 1. The van der Waals surface area contributed by atoms with Gasteiger partial charge in [0.15, 0.2) is 11.6 Å². The zero-order valence-electron chi connectivity index (χ0n) is 23.0. The first-order valence-corrected chi connectivity index (χ1v) is 15.3. The maximum absolute atomic E-state index is 14.7. The minimum absolute atomic E-state index is 0.193. The monoisotopic (exact) mass is 514 g/mol. The van der Waals surface area contributed by atoms with Crippen LogP contribution in [0.2, 0.25) is 0 Å². The van der Waals surface area contributed by atoms with Crippen molar-refractivity contribution in [3.05, 3.63) is 42.0 Å². The second-order valence-electron chi connectivity index (χ2n) is 12.3. The fourth-order valence-corrected chi connectivity index (χ4v) is 7.81. The molecule has 0 bridgehead atoms. The maximum atomic E-state index is 14.7. The van der Waals surface area contributed by atoms with Crippen LogP contribution in [0.25, 0.3) is 0 Å². The highest BCUT2D eigenvalue weighted by Gasteiger charge is 2.43. The van der Waals surface area contributed by atoms with Crippen LogP contribution in [0.5, 0.6) is 5.75 Å². The summed E-state index contributed by atoms with van der Waals surface area (Å²) in [5.74, 6) is 0.703. The maximum Gasteiger partial charge on any atom is 0.314 e. The summed E-state index contributed by atoms with van der Waals surface area (Å²) in [6.07, 6.45) is 21.7. The number of hydrogen-bond donors (Lipinski definition) is 0. The third-order valence-electron chi connectivity index (χ3n) is 9.97. The fraction of sp³-hybridized carbons (Fsp3) is 0.727. The molecule has 37 heavy (non-hydrogen) atoms. The average Bonchev–Trinajstić information content (AvgIpc) is 2.93. The lowest BCUT2D eigenvalue weighted by atomic mass is 9.59. The Bertz CT molecular complexity index is 889. The smallest absolute Gasteiger partial charge is 0.314 e. The second-order valence-corrected chi connectivity index (χ2v) is 12.3. The first-order valence-electron chi connectivity index (χ1n) is 15.3. The van der Waals surface area contributed by atoms with Gasteiger partial charge in [0.1, 0.15) is 0 Å². The number of esters is 1. The molecule has 3 aliphatic carbocycles. The van der Waals surface area contributed by atoms with Gasteiger partial charge in [0.25, 0.3) is 0 Å². The van der Waals surface area contributed by atoms with Gasteiger partial charge in [0.05, 0.1) is 5.92 Å². The molecule has 4 atom stereocenters. The summed E-state index contributed by atoms with van der Waals surface area (Å²) in [6, 6.07) is 2.94. The number of benzene rings is 1. The van der Waals surface area contributed by atoms with Crippen LogP contribution in [-0.2, 0) is 11.2 Å². The molecule has 0 heterocycles. The van der Waals surface area contributed by atoms with E-state index in [-0.39, 0.29) is 17.6 Å². The van der Waals surface area contributed by atoms with Gasteiger partial charge in [-0.15, -0.1) is 6.58 Å². The zero-order chi connectivity index (χ0) is 26.2. The molecule has 206 valence electrons. The van der Waals surface area contributed by atoms with Crippen molar-refractivity contribution < 1.29 is 18.3 Å². The topological polar surface area (TPSA) is 26.3 Å². The van der Waals surface area contributed by atoms with Crippen molar-refractivity contribution in [1.82, 2.24) is 0 Å². The highest BCUT2D eigenvalue weighted by Crippen LogP contribution is 2.50. The van der Waals surface area contributed by atoms with E-state index in [0.29, 0.717) is 30.2 Å². The van der Waals surface area contributed by atoms with Gasteiger partial charge in [-0.05, 0) is 92.6 Å². The van der Waals surface area contributed by atoms with Crippen molar-refractivity contribution in [2.45, 2.75) is 116 Å².